The third-order valence-corrected chi connectivity index (χ3v) is 18.4. The molecule has 10 rings (SSSR count). The Bertz CT molecular complexity index is 3190. The van der Waals surface area contributed by atoms with Crippen LogP contribution in [-0.4, -0.2) is 11.6 Å². The summed E-state index contributed by atoms with van der Waals surface area (Å²) in [5.74, 6) is 0.225. The van der Waals surface area contributed by atoms with Gasteiger partial charge in [-0.2, -0.15) is 0 Å². The van der Waals surface area contributed by atoms with Crippen LogP contribution in [0.2, 0.25) is 0 Å². The summed E-state index contributed by atoms with van der Waals surface area (Å²) in [4.78, 5) is 0. The van der Waals surface area contributed by atoms with E-state index < -0.39 is 25.9 Å². The molecule has 0 unspecified atom stereocenters. The first-order valence-corrected chi connectivity index (χ1v) is 26.1. The van der Waals surface area contributed by atoms with Crippen LogP contribution in [0.5, 0.6) is 46.0 Å². The van der Waals surface area contributed by atoms with E-state index in [9.17, 15) is 0 Å². The van der Waals surface area contributed by atoms with Gasteiger partial charge in [-0.25, -0.2) is 0 Å². The van der Waals surface area contributed by atoms with Crippen LogP contribution in [0.1, 0.15) is 49.9 Å². The summed E-state index contributed by atoms with van der Waals surface area (Å²) in [5, 5.41) is 3.05. The lowest BCUT2D eigenvalue weighted by atomic mass is 10.0. The van der Waals surface area contributed by atoms with Crippen LogP contribution in [0, 0.1) is 27.7 Å². The average molecular weight is 939 g/mol. The molecule has 0 saturated carbocycles. The van der Waals surface area contributed by atoms with Gasteiger partial charge >= 0.3 is 0 Å². The number of hydrogen-bond acceptors (Lipinski definition) is 8. The normalized spacial score (nSPS) is 14.4. The van der Waals surface area contributed by atoms with Crippen molar-refractivity contribution in [1.29, 1.82) is 0 Å². The van der Waals surface area contributed by atoms with E-state index >= 15 is 9.13 Å². The Balaban J connectivity index is 1.39. The van der Waals surface area contributed by atoms with Gasteiger partial charge in [0.05, 0.1) is 5.30 Å². The van der Waals surface area contributed by atoms with E-state index in [1.54, 1.807) is 0 Å². The van der Waals surface area contributed by atoms with Crippen LogP contribution in [0.15, 0.2) is 170 Å². The number of benzene rings is 8. The fraction of sp³-hybridized carbons (Fsp3) is 0.172. The van der Waals surface area contributed by atoms with E-state index in [4.69, 9.17) is 28.4 Å². The zero-order chi connectivity index (χ0) is 47.6. The van der Waals surface area contributed by atoms with E-state index in [-0.39, 0.29) is 23.0 Å². The van der Waals surface area contributed by atoms with Gasteiger partial charge in [-0.1, -0.05) is 156 Å². The highest BCUT2D eigenvalue weighted by molar-refractivity contribution is 7.86. The van der Waals surface area contributed by atoms with Gasteiger partial charge < -0.3 is 37.6 Å². The van der Waals surface area contributed by atoms with Crippen molar-refractivity contribution in [3.63, 3.8) is 0 Å². The second-order valence-corrected chi connectivity index (χ2v) is 23.9. The zero-order valence-corrected chi connectivity index (χ0v) is 41.1. The Labute approximate surface area is 398 Å². The molecule has 0 atom stereocenters. The van der Waals surface area contributed by atoms with Crippen LogP contribution in [0.4, 0.5) is 0 Å². The molecule has 0 saturated heterocycles. The van der Waals surface area contributed by atoms with Crippen LogP contribution < -0.4 is 60.2 Å². The van der Waals surface area contributed by atoms with Gasteiger partial charge in [0.15, 0.2) is 37.3 Å². The average Bonchev–Trinajstić information content (AvgIpc) is 3.84. The number of aryl methyl sites for hydroxylation is 4. The quantitative estimate of drug-likeness (QED) is 0.119. The molecule has 0 fully saturated rings. The maximum atomic E-state index is 17.2. The molecule has 8 aromatic rings. The van der Waals surface area contributed by atoms with E-state index in [0.717, 1.165) is 22.3 Å². The maximum absolute atomic E-state index is 17.2. The predicted octanol–water partition coefficient (Wildman–Crippen LogP) is 12.5. The topological polar surface area (TPSA) is 89.5 Å². The Hall–Kier alpha value is -6.98. The van der Waals surface area contributed by atoms with Crippen molar-refractivity contribution in [2.24, 2.45) is 0 Å². The number of para-hydroxylation sites is 2. The zero-order valence-electron chi connectivity index (χ0n) is 39.3. The minimum Gasteiger partial charge on any atom is -0.453 e. The highest BCUT2D eigenvalue weighted by Crippen LogP contribution is 2.62. The van der Waals surface area contributed by atoms with Crippen molar-refractivity contribution >= 4 is 46.1 Å². The van der Waals surface area contributed by atoms with Crippen LogP contribution in [0.3, 0.4) is 0 Å². The molecule has 10 heteroatoms. The Morgan fingerprint density at radius 1 is 0.397 bits per heavy atom. The van der Waals surface area contributed by atoms with Crippen LogP contribution in [-0.2, 0) is 9.13 Å². The predicted molar refractivity (Wildman–Crippen MR) is 273 cm³/mol. The number of hydrogen-bond donors (Lipinski definition) is 0. The monoisotopic (exact) mass is 938 g/mol. The van der Waals surface area contributed by atoms with E-state index in [0.29, 0.717) is 66.0 Å². The molecule has 342 valence electrons. The molecule has 68 heavy (non-hydrogen) atoms. The molecule has 2 aliphatic heterocycles. The molecule has 0 aromatic heterocycles. The first-order valence-electron chi connectivity index (χ1n) is 22.7. The molecule has 0 radical (unpaired) electrons. The van der Waals surface area contributed by atoms with Crippen LogP contribution >= 0.6 is 14.3 Å². The van der Waals surface area contributed by atoms with Gasteiger partial charge in [-0.15, -0.1) is 0 Å². The number of rotatable bonds is 11. The molecule has 2 heterocycles. The molecule has 0 N–H and O–H groups in total. The van der Waals surface area contributed by atoms with Gasteiger partial charge in [0.1, 0.15) is 11.5 Å². The number of fused-ring (bicyclic) bond motifs is 2. The summed E-state index contributed by atoms with van der Waals surface area (Å²) in [7, 11) is -7.87. The van der Waals surface area contributed by atoms with Crippen molar-refractivity contribution < 1.29 is 37.6 Å². The van der Waals surface area contributed by atoms with Gasteiger partial charge in [0.25, 0.3) is 0 Å². The van der Waals surface area contributed by atoms with Crippen LogP contribution in [0.25, 0.3) is 11.1 Å². The molecule has 0 aliphatic carbocycles. The van der Waals surface area contributed by atoms with E-state index in [2.05, 4.69) is 0 Å². The molecule has 2 aliphatic rings. The fourth-order valence-corrected chi connectivity index (χ4v) is 14.4. The maximum Gasteiger partial charge on any atom is 0.246 e. The highest BCUT2D eigenvalue weighted by atomic mass is 31.2. The minimum absolute atomic E-state index is 0.227. The summed E-state index contributed by atoms with van der Waals surface area (Å²) >= 11 is 0. The molecule has 0 bridgehead atoms. The van der Waals surface area contributed by atoms with Gasteiger partial charge in [-0.3, -0.25) is 0 Å². The molecule has 0 amide bonds. The lowest BCUT2D eigenvalue weighted by molar-refractivity contribution is -0.0448. The smallest absolute Gasteiger partial charge is 0.246 e. The minimum atomic E-state index is -3.94. The van der Waals surface area contributed by atoms with E-state index in [1.807, 2.05) is 225 Å². The first-order chi connectivity index (χ1) is 32.5. The van der Waals surface area contributed by atoms with Crippen molar-refractivity contribution in [3.05, 3.63) is 192 Å². The molecular formula is C58H52O8P2. The Kier molecular flexibility index (Phi) is 11.2. The van der Waals surface area contributed by atoms with Crippen molar-refractivity contribution in [2.75, 3.05) is 0 Å². The van der Waals surface area contributed by atoms with Crippen molar-refractivity contribution in [2.45, 2.75) is 67.0 Å². The third kappa shape index (κ3) is 8.06. The highest BCUT2D eigenvalue weighted by Gasteiger charge is 2.48. The van der Waals surface area contributed by atoms with Gasteiger partial charge in [-0.05, 0) is 64.1 Å². The summed E-state index contributed by atoms with van der Waals surface area (Å²) in [6, 6.07) is 53.5. The first kappa shape index (κ1) is 44.8. The fourth-order valence-electron chi connectivity index (χ4n) is 8.82. The third-order valence-electron chi connectivity index (χ3n) is 12.2. The summed E-state index contributed by atoms with van der Waals surface area (Å²) in [6.45, 7) is 15.3. The molecule has 8 aromatic carbocycles. The largest absolute Gasteiger partial charge is 0.453 e. The van der Waals surface area contributed by atoms with Crippen molar-refractivity contribution in [3.8, 4) is 57.1 Å². The lowest BCUT2D eigenvalue weighted by Gasteiger charge is -2.27. The Morgan fingerprint density at radius 3 is 1.21 bits per heavy atom. The summed E-state index contributed by atoms with van der Waals surface area (Å²) in [6.07, 6.45) is 0. The van der Waals surface area contributed by atoms with Gasteiger partial charge in [0.2, 0.25) is 23.1 Å². The summed E-state index contributed by atoms with van der Waals surface area (Å²) < 4.78 is 75.4. The SMILES string of the molecule is Cc1ccc(P(=O)(c2ccc(C)cc2)c2cc(-c3c(P(=O)(c4ccc(C)cc4)c4ccc(C)cc4)cc(Oc4ccccc4)c4c3OC(C)(C)O4)c3c(c2Oc2ccccc2)OC(C)(C)O3)cc1. The molecule has 8 nitrogen and oxygen atoms in total. The van der Waals surface area contributed by atoms with Crippen molar-refractivity contribution in [1.82, 2.24) is 0 Å². The van der Waals surface area contributed by atoms with E-state index in [1.165, 1.54) is 0 Å². The standard InChI is InChI=1S/C58H52O8P2/c1-37-19-27-43(28-20-37)67(59,44-29-21-38(2)22-30-44)49-36-48(61-41-15-11-9-12-16-41)53-55(65-58(7,8)64-53)51(49)47-35-50(54(62-42-17-13-10-14-18-42)56-52(47)63-57(5,6)66-56)68(60,45-31-23-39(3)24-32-45)46-33-25-40(4)26-34-46/h9-36H,1-8H3. The second-order valence-electron chi connectivity index (χ2n) is 18.5. The lowest BCUT2D eigenvalue weighted by Crippen LogP contribution is -2.30. The number of ether oxygens (including phenoxy) is 6. The summed E-state index contributed by atoms with van der Waals surface area (Å²) in [5.41, 5.74) is 4.87. The molecular weight excluding hydrogens is 887 g/mol. The van der Waals surface area contributed by atoms with Gasteiger partial charge in [0, 0.05) is 65.3 Å². The Morgan fingerprint density at radius 2 is 0.765 bits per heavy atom. The molecule has 0 spiro atoms. The second kappa shape index (κ2) is 17.0.